The Morgan fingerprint density at radius 1 is 1.29 bits per heavy atom. The number of benzene rings is 1. The number of piperidine rings is 1. The van der Waals surface area contributed by atoms with E-state index in [2.05, 4.69) is 0 Å². The van der Waals surface area contributed by atoms with Crippen LogP contribution in [-0.2, 0) is 14.8 Å². The van der Waals surface area contributed by atoms with Crippen molar-refractivity contribution in [1.82, 2.24) is 4.31 Å². The summed E-state index contributed by atoms with van der Waals surface area (Å²) in [7, 11) is -3.69. The first kappa shape index (κ1) is 16.4. The zero-order valence-corrected chi connectivity index (χ0v) is 13.3. The van der Waals surface area contributed by atoms with Crippen LogP contribution in [0, 0.1) is 0 Å². The number of halogens is 2. The van der Waals surface area contributed by atoms with Crippen LogP contribution in [0.5, 0.6) is 0 Å². The van der Waals surface area contributed by atoms with Crippen LogP contribution in [0.15, 0.2) is 23.1 Å². The summed E-state index contributed by atoms with van der Waals surface area (Å²) >= 11 is 11.7. The number of sulfonamides is 1. The molecule has 1 fully saturated rings. The highest BCUT2D eigenvalue weighted by Crippen LogP contribution is 2.29. The summed E-state index contributed by atoms with van der Waals surface area (Å²) in [5.74, 6) is 0. The molecule has 0 atom stereocenters. The predicted octanol–water partition coefficient (Wildman–Crippen LogP) is 2.24. The second-order valence-corrected chi connectivity index (χ2v) is 7.37. The molecule has 6 nitrogen and oxygen atoms in total. The molecular formula is C12H14Cl2N2O4S. The minimum atomic E-state index is -3.69. The van der Waals surface area contributed by atoms with Crippen LogP contribution in [0.3, 0.4) is 0 Å². The molecule has 0 bridgehead atoms. The summed E-state index contributed by atoms with van der Waals surface area (Å²) in [5.41, 5.74) is 4.95. The van der Waals surface area contributed by atoms with E-state index in [-0.39, 0.29) is 29.1 Å². The van der Waals surface area contributed by atoms with Gasteiger partial charge in [0.1, 0.15) is 11.0 Å². The van der Waals surface area contributed by atoms with Crippen molar-refractivity contribution < 1.29 is 17.9 Å². The van der Waals surface area contributed by atoms with Gasteiger partial charge in [-0.15, -0.1) is 0 Å². The van der Waals surface area contributed by atoms with Gasteiger partial charge >= 0.3 is 6.09 Å². The molecule has 1 saturated heterocycles. The Kier molecular flexibility index (Phi) is 4.98. The van der Waals surface area contributed by atoms with Crippen molar-refractivity contribution in [2.75, 3.05) is 13.1 Å². The third-order valence-corrected chi connectivity index (χ3v) is 5.81. The minimum absolute atomic E-state index is 0.0165. The van der Waals surface area contributed by atoms with Crippen LogP contribution in [0.1, 0.15) is 12.8 Å². The van der Waals surface area contributed by atoms with Crippen LogP contribution < -0.4 is 5.73 Å². The Morgan fingerprint density at radius 3 is 2.43 bits per heavy atom. The van der Waals surface area contributed by atoms with Crippen molar-refractivity contribution in [3.63, 3.8) is 0 Å². The highest BCUT2D eigenvalue weighted by molar-refractivity contribution is 7.89. The quantitative estimate of drug-likeness (QED) is 0.902. The van der Waals surface area contributed by atoms with Gasteiger partial charge in [0, 0.05) is 18.1 Å². The van der Waals surface area contributed by atoms with Crippen LogP contribution >= 0.6 is 23.2 Å². The fourth-order valence-corrected chi connectivity index (χ4v) is 4.39. The first-order valence-corrected chi connectivity index (χ1v) is 8.41. The number of nitrogens with zero attached hydrogens (tertiary/aromatic N) is 1. The second-order valence-electron chi connectivity index (χ2n) is 4.62. The number of hydrogen-bond donors (Lipinski definition) is 1. The zero-order valence-electron chi connectivity index (χ0n) is 11.0. The Hall–Kier alpha value is -1.02. The SMILES string of the molecule is NC(=O)OC1CCN(S(=O)(=O)c2ccc(Cl)cc2Cl)CC1. The Labute approximate surface area is 132 Å². The fraction of sp³-hybridized carbons (Fsp3) is 0.417. The normalized spacial score (nSPS) is 17.6. The molecule has 0 aromatic heterocycles. The molecule has 0 saturated carbocycles. The maximum atomic E-state index is 12.5. The fourth-order valence-electron chi connectivity index (χ4n) is 2.18. The molecule has 1 aliphatic heterocycles. The summed E-state index contributed by atoms with van der Waals surface area (Å²) in [4.78, 5) is 10.7. The molecule has 9 heteroatoms. The Morgan fingerprint density at radius 2 is 1.90 bits per heavy atom. The molecule has 0 radical (unpaired) electrons. The van der Waals surface area contributed by atoms with E-state index in [0.29, 0.717) is 17.9 Å². The second kappa shape index (κ2) is 6.39. The van der Waals surface area contributed by atoms with Gasteiger partial charge in [0.2, 0.25) is 10.0 Å². The van der Waals surface area contributed by atoms with Crippen molar-refractivity contribution in [2.45, 2.75) is 23.8 Å². The third-order valence-electron chi connectivity index (χ3n) is 3.20. The number of amides is 1. The number of carbonyl (C=O) groups excluding carboxylic acids is 1. The number of ether oxygens (including phenoxy) is 1. The molecule has 1 aromatic rings. The predicted molar refractivity (Wildman–Crippen MR) is 78.9 cm³/mol. The third kappa shape index (κ3) is 3.79. The van der Waals surface area contributed by atoms with Crippen LogP contribution in [0.4, 0.5) is 4.79 Å². The first-order valence-electron chi connectivity index (χ1n) is 6.22. The molecule has 1 heterocycles. The van der Waals surface area contributed by atoms with E-state index in [1.807, 2.05) is 0 Å². The lowest BCUT2D eigenvalue weighted by Gasteiger charge is -2.30. The summed E-state index contributed by atoms with van der Waals surface area (Å²) in [6.45, 7) is 0.471. The highest BCUT2D eigenvalue weighted by atomic mass is 35.5. The number of rotatable bonds is 3. The molecule has 116 valence electrons. The molecule has 1 aliphatic rings. The number of primary amides is 1. The van der Waals surface area contributed by atoms with Crippen molar-refractivity contribution in [1.29, 1.82) is 0 Å². The highest BCUT2D eigenvalue weighted by Gasteiger charge is 2.31. The van der Waals surface area contributed by atoms with Crippen molar-refractivity contribution in [2.24, 2.45) is 5.73 Å². The largest absolute Gasteiger partial charge is 0.446 e. The summed E-state index contributed by atoms with van der Waals surface area (Å²) in [6.07, 6.45) is -0.410. The van der Waals surface area contributed by atoms with Gasteiger partial charge in [-0.05, 0) is 31.0 Å². The zero-order chi connectivity index (χ0) is 15.6. The number of hydrogen-bond acceptors (Lipinski definition) is 4. The van der Waals surface area contributed by atoms with Gasteiger partial charge in [-0.3, -0.25) is 0 Å². The molecule has 0 unspecified atom stereocenters. The molecule has 2 rings (SSSR count). The van der Waals surface area contributed by atoms with Crippen LogP contribution in [-0.4, -0.2) is 38.0 Å². The van der Waals surface area contributed by atoms with Gasteiger partial charge in [-0.25, -0.2) is 13.2 Å². The lowest BCUT2D eigenvalue weighted by atomic mass is 10.1. The van der Waals surface area contributed by atoms with E-state index < -0.39 is 16.1 Å². The average molecular weight is 353 g/mol. The molecule has 2 N–H and O–H groups in total. The van der Waals surface area contributed by atoms with E-state index in [1.54, 1.807) is 0 Å². The van der Waals surface area contributed by atoms with E-state index in [4.69, 9.17) is 33.7 Å². The molecule has 1 amide bonds. The standard InChI is InChI=1S/C12H14Cl2N2O4S/c13-8-1-2-11(10(14)7-8)21(18,19)16-5-3-9(4-6-16)20-12(15)17/h1-2,7,9H,3-6H2,(H2,15,17). The lowest BCUT2D eigenvalue weighted by Crippen LogP contribution is -2.41. The van der Waals surface area contributed by atoms with E-state index in [9.17, 15) is 13.2 Å². The van der Waals surface area contributed by atoms with Gasteiger partial charge in [0.25, 0.3) is 0 Å². The van der Waals surface area contributed by atoms with Crippen molar-refractivity contribution >= 4 is 39.3 Å². The molecule has 1 aromatic carbocycles. The Bertz CT molecular complexity index is 643. The van der Waals surface area contributed by atoms with E-state index >= 15 is 0 Å². The number of carbonyl (C=O) groups is 1. The first-order chi connectivity index (χ1) is 9.80. The maximum Gasteiger partial charge on any atom is 0.404 e. The Balaban J connectivity index is 2.13. The maximum absolute atomic E-state index is 12.5. The van der Waals surface area contributed by atoms with Gasteiger partial charge < -0.3 is 10.5 Å². The van der Waals surface area contributed by atoms with Gasteiger partial charge in [0.05, 0.1) is 5.02 Å². The molecule has 0 aliphatic carbocycles. The summed E-state index contributed by atoms with van der Waals surface area (Å²) < 4.78 is 31.2. The van der Waals surface area contributed by atoms with Crippen molar-refractivity contribution in [3.05, 3.63) is 28.2 Å². The van der Waals surface area contributed by atoms with Crippen LogP contribution in [0.2, 0.25) is 10.0 Å². The minimum Gasteiger partial charge on any atom is -0.446 e. The summed E-state index contributed by atoms with van der Waals surface area (Å²) in [5, 5.41) is 0.450. The topological polar surface area (TPSA) is 89.7 Å². The van der Waals surface area contributed by atoms with E-state index in [1.165, 1.54) is 22.5 Å². The summed E-state index contributed by atoms with van der Waals surface area (Å²) in [6, 6.07) is 4.24. The number of nitrogens with two attached hydrogens (primary N) is 1. The monoisotopic (exact) mass is 352 g/mol. The molecule has 21 heavy (non-hydrogen) atoms. The van der Waals surface area contributed by atoms with Crippen LogP contribution in [0.25, 0.3) is 0 Å². The average Bonchev–Trinajstić information content (AvgIpc) is 2.38. The smallest absolute Gasteiger partial charge is 0.404 e. The van der Waals surface area contributed by atoms with Gasteiger partial charge in [0.15, 0.2) is 0 Å². The van der Waals surface area contributed by atoms with Gasteiger partial charge in [-0.2, -0.15) is 4.31 Å². The van der Waals surface area contributed by atoms with E-state index in [0.717, 1.165) is 0 Å². The van der Waals surface area contributed by atoms with Crippen molar-refractivity contribution in [3.8, 4) is 0 Å². The molecular weight excluding hydrogens is 339 g/mol. The van der Waals surface area contributed by atoms with Gasteiger partial charge in [-0.1, -0.05) is 23.2 Å². The lowest BCUT2D eigenvalue weighted by molar-refractivity contribution is 0.0741. The molecule has 0 spiro atoms.